The van der Waals surface area contributed by atoms with Crippen LogP contribution in [0.2, 0.25) is 0 Å². The Morgan fingerprint density at radius 2 is 1.83 bits per heavy atom. The summed E-state index contributed by atoms with van der Waals surface area (Å²) >= 11 is 0. The predicted molar refractivity (Wildman–Crippen MR) is 113 cm³/mol. The quantitative estimate of drug-likeness (QED) is 0.796. The molecule has 0 unspecified atom stereocenters. The second-order valence-electron chi connectivity index (χ2n) is 8.80. The van der Waals surface area contributed by atoms with Gasteiger partial charge in [-0.15, -0.1) is 0 Å². The van der Waals surface area contributed by atoms with Crippen LogP contribution in [0.1, 0.15) is 32.0 Å². The third kappa shape index (κ3) is 4.55. The number of carbonyl (C=O) groups is 1. The van der Waals surface area contributed by atoms with E-state index in [1.165, 1.54) is 0 Å². The van der Waals surface area contributed by atoms with Crippen molar-refractivity contribution >= 4 is 17.7 Å². The Morgan fingerprint density at radius 3 is 2.57 bits per heavy atom. The smallest absolute Gasteiger partial charge is 0.412 e. The molecule has 8 nitrogen and oxygen atoms in total. The maximum atomic E-state index is 12.3. The summed E-state index contributed by atoms with van der Waals surface area (Å²) in [5.41, 5.74) is 2.69. The molecule has 0 spiro atoms. The summed E-state index contributed by atoms with van der Waals surface area (Å²) in [5, 5.41) is 6.05. The molecule has 2 N–H and O–H groups in total. The normalized spacial score (nSPS) is 25.6. The fourth-order valence-corrected chi connectivity index (χ4v) is 3.62. The van der Waals surface area contributed by atoms with Gasteiger partial charge in [0.25, 0.3) is 0 Å². The minimum Gasteiger partial charge on any atom is -0.441 e. The molecule has 1 amide bonds. The van der Waals surface area contributed by atoms with Gasteiger partial charge < -0.3 is 19.5 Å². The zero-order chi connectivity index (χ0) is 21.3. The first-order valence-electron chi connectivity index (χ1n) is 10.2. The summed E-state index contributed by atoms with van der Waals surface area (Å²) in [6.07, 6.45) is 0.213. The molecule has 0 bridgehead atoms. The number of fused-ring (bicyclic) bond motifs is 1. The molecule has 3 heterocycles. The lowest BCUT2D eigenvalue weighted by atomic mass is 9.92. The van der Waals surface area contributed by atoms with Crippen LogP contribution in [0, 0.1) is 6.92 Å². The second-order valence-corrected chi connectivity index (χ2v) is 8.80. The van der Waals surface area contributed by atoms with Gasteiger partial charge in [0.05, 0.1) is 24.9 Å². The Bertz CT molecular complexity index is 897. The van der Waals surface area contributed by atoms with Gasteiger partial charge in [-0.05, 0) is 25.1 Å². The van der Waals surface area contributed by atoms with Crippen molar-refractivity contribution in [2.24, 2.45) is 0 Å². The highest BCUT2D eigenvalue weighted by molar-refractivity contribution is 5.84. The number of hydrogen-bond acceptors (Lipinski definition) is 7. The van der Waals surface area contributed by atoms with Crippen molar-refractivity contribution in [2.45, 2.75) is 57.5 Å². The van der Waals surface area contributed by atoms with Crippen LogP contribution in [0.25, 0.3) is 0 Å². The number of aromatic nitrogens is 2. The SMILES string of the molecule is Cc1ccc(NC(=O)O[C@H]2CO[C@@H]3[C@@H]2OC[C@@H]3Nc2nccc(C(C)(C)C)n2)cc1. The van der Waals surface area contributed by atoms with Gasteiger partial charge in [0.1, 0.15) is 12.2 Å². The third-order valence-corrected chi connectivity index (χ3v) is 5.30. The van der Waals surface area contributed by atoms with E-state index in [1.54, 1.807) is 6.20 Å². The van der Waals surface area contributed by atoms with Crippen LogP contribution in [0.3, 0.4) is 0 Å². The highest BCUT2D eigenvalue weighted by Crippen LogP contribution is 2.31. The van der Waals surface area contributed by atoms with Crippen LogP contribution < -0.4 is 10.6 Å². The van der Waals surface area contributed by atoms with Gasteiger partial charge in [-0.1, -0.05) is 38.5 Å². The minimum atomic E-state index is -0.519. The Labute approximate surface area is 176 Å². The molecule has 30 heavy (non-hydrogen) atoms. The summed E-state index contributed by atoms with van der Waals surface area (Å²) < 4.78 is 17.3. The molecular formula is C22H28N4O4. The number of ether oxygens (including phenoxy) is 3. The van der Waals surface area contributed by atoms with Gasteiger partial charge >= 0.3 is 6.09 Å². The molecule has 2 aromatic rings. The van der Waals surface area contributed by atoms with E-state index < -0.39 is 12.2 Å². The number of benzene rings is 1. The van der Waals surface area contributed by atoms with E-state index in [-0.39, 0.29) is 30.3 Å². The van der Waals surface area contributed by atoms with Gasteiger partial charge in [-0.25, -0.2) is 14.8 Å². The summed E-state index contributed by atoms with van der Waals surface area (Å²) in [5.74, 6) is 0.543. The highest BCUT2D eigenvalue weighted by Gasteiger charge is 2.49. The Hall–Kier alpha value is -2.71. The van der Waals surface area contributed by atoms with Gasteiger partial charge in [-0.3, -0.25) is 5.32 Å². The molecular weight excluding hydrogens is 384 g/mol. The van der Waals surface area contributed by atoms with Crippen molar-refractivity contribution in [1.29, 1.82) is 0 Å². The van der Waals surface area contributed by atoms with E-state index in [2.05, 4.69) is 41.4 Å². The van der Waals surface area contributed by atoms with Crippen molar-refractivity contribution < 1.29 is 19.0 Å². The zero-order valence-corrected chi connectivity index (χ0v) is 17.7. The van der Waals surface area contributed by atoms with Crippen LogP contribution >= 0.6 is 0 Å². The molecule has 4 rings (SSSR count). The number of hydrogen-bond donors (Lipinski definition) is 2. The zero-order valence-electron chi connectivity index (χ0n) is 17.7. The molecule has 0 saturated carbocycles. The molecule has 2 aliphatic heterocycles. The van der Waals surface area contributed by atoms with E-state index >= 15 is 0 Å². The van der Waals surface area contributed by atoms with E-state index in [0.717, 1.165) is 11.3 Å². The molecule has 1 aromatic heterocycles. The average molecular weight is 412 g/mol. The van der Waals surface area contributed by atoms with Crippen molar-refractivity contribution in [3.05, 3.63) is 47.8 Å². The minimum absolute atomic E-state index is 0.0678. The second kappa shape index (κ2) is 8.20. The van der Waals surface area contributed by atoms with E-state index in [0.29, 0.717) is 18.2 Å². The van der Waals surface area contributed by atoms with Crippen LogP contribution in [0.4, 0.5) is 16.4 Å². The standard InChI is InChI=1S/C22H28N4O4/c1-13-5-7-14(8-6-13)24-21(27)30-16-12-29-18-15(11-28-19(16)18)25-20-23-10-9-17(26-20)22(2,3)4/h5-10,15-16,18-19H,11-12H2,1-4H3,(H,24,27)(H,23,25,26)/t15-,16-,18-,19+/m0/s1. The lowest BCUT2D eigenvalue weighted by molar-refractivity contribution is 0.00917. The molecule has 160 valence electrons. The largest absolute Gasteiger partial charge is 0.441 e. The number of nitrogens with one attached hydrogen (secondary N) is 2. The summed E-state index contributed by atoms with van der Waals surface area (Å²) in [6, 6.07) is 9.33. The van der Waals surface area contributed by atoms with Gasteiger partial charge in [0.2, 0.25) is 5.95 Å². The lowest BCUT2D eigenvalue weighted by Gasteiger charge is -2.20. The Kier molecular flexibility index (Phi) is 5.62. The number of nitrogens with zero attached hydrogens (tertiary/aromatic N) is 2. The monoisotopic (exact) mass is 412 g/mol. The Balaban J connectivity index is 1.34. The fourth-order valence-electron chi connectivity index (χ4n) is 3.62. The number of aryl methyl sites for hydroxylation is 1. The van der Waals surface area contributed by atoms with Crippen LogP contribution in [-0.4, -0.2) is 53.6 Å². The van der Waals surface area contributed by atoms with Crippen molar-refractivity contribution in [1.82, 2.24) is 9.97 Å². The molecule has 1 aromatic carbocycles. The van der Waals surface area contributed by atoms with Crippen LogP contribution in [0.15, 0.2) is 36.5 Å². The maximum Gasteiger partial charge on any atom is 0.412 e. The highest BCUT2D eigenvalue weighted by atomic mass is 16.6. The molecule has 2 fully saturated rings. The van der Waals surface area contributed by atoms with Gasteiger partial charge in [-0.2, -0.15) is 0 Å². The first kappa shape index (κ1) is 20.6. The molecule has 4 atom stereocenters. The molecule has 2 aliphatic rings. The van der Waals surface area contributed by atoms with Crippen molar-refractivity contribution in [3.8, 4) is 0 Å². The summed E-state index contributed by atoms with van der Waals surface area (Å²) in [6.45, 7) is 9.03. The first-order chi connectivity index (χ1) is 14.3. The van der Waals surface area contributed by atoms with E-state index in [4.69, 9.17) is 14.2 Å². The maximum absolute atomic E-state index is 12.3. The first-order valence-corrected chi connectivity index (χ1v) is 10.2. The predicted octanol–water partition coefficient (Wildman–Crippen LogP) is 3.28. The van der Waals surface area contributed by atoms with E-state index in [1.807, 2.05) is 37.3 Å². The van der Waals surface area contributed by atoms with Gasteiger partial charge in [0, 0.05) is 17.3 Å². The summed E-state index contributed by atoms with van der Waals surface area (Å²) in [7, 11) is 0. The van der Waals surface area contributed by atoms with E-state index in [9.17, 15) is 4.79 Å². The average Bonchev–Trinajstić information content (AvgIpc) is 3.27. The number of anilines is 2. The number of rotatable bonds is 4. The molecule has 2 saturated heterocycles. The molecule has 0 radical (unpaired) electrons. The fraction of sp³-hybridized carbons (Fsp3) is 0.500. The van der Waals surface area contributed by atoms with Crippen molar-refractivity contribution in [2.75, 3.05) is 23.8 Å². The number of amides is 1. The molecule has 0 aliphatic carbocycles. The number of carbonyl (C=O) groups excluding carboxylic acids is 1. The van der Waals surface area contributed by atoms with Gasteiger partial charge in [0.15, 0.2) is 6.10 Å². The topological polar surface area (TPSA) is 94.6 Å². The lowest BCUT2D eigenvalue weighted by Crippen LogP contribution is -2.38. The molecule has 8 heteroatoms. The Morgan fingerprint density at radius 1 is 1.10 bits per heavy atom. The van der Waals surface area contributed by atoms with Crippen LogP contribution in [-0.2, 0) is 19.6 Å². The third-order valence-electron chi connectivity index (χ3n) is 5.30. The summed E-state index contributed by atoms with van der Waals surface area (Å²) in [4.78, 5) is 21.2. The van der Waals surface area contributed by atoms with Crippen molar-refractivity contribution in [3.63, 3.8) is 0 Å². The van der Waals surface area contributed by atoms with Crippen LogP contribution in [0.5, 0.6) is 0 Å².